The van der Waals surface area contributed by atoms with Crippen molar-refractivity contribution in [1.29, 1.82) is 0 Å². The first-order valence-electron chi connectivity index (χ1n) is 8.03. The fourth-order valence-electron chi connectivity index (χ4n) is 2.75. The Hall–Kier alpha value is -2.38. The smallest absolute Gasteiger partial charge is 0.329 e. The fraction of sp³-hybridized carbons (Fsp3) is 0.278. The fourth-order valence-corrected chi connectivity index (χ4v) is 4.12. The van der Waals surface area contributed by atoms with Gasteiger partial charge in [-0.15, -0.1) is 22.9 Å². The molecule has 0 spiro atoms. The van der Waals surface area contributed by atoms with Crippen LogP contribution >= 0.6 is 22.9 Å². The Kier molecular flexibility index (Phi) is 5.29. The number of aromatic nitrogens is 2. The van der Waals surface area contributed by atoms with Crippen molar-refractivity contribution in [3.05, 3.63) is 56.2 Å². The summed E-state index contributed by atoms with van der Waals surface area (Å²) >= 11 is 7.16. The highest BCUT2D eigenvalue weighted by molar-refractivity contribution is 7.22. The number of halogens is 1. The van der Waals surface area contributed by atoms with E-state index in [-0.39, 0.29) is 6.61 Å². The highest BCUT2D eigenvalue weighted by Crippen LogP contribution is 2.35. The predicted molar refractivity (Wildman–Crippen MR) is 103 cm³/mol. The van der Waals surface area contributed by atoms with Crippen LogP contribution in [0.1, 0.15) is 18.1 Å². The molecule has 0 saturated carbocycles. The lowest BCUT2D eigenvalue weighted by atomic mass is 10.1. The third-order valence-corrected chi connectivity index (χ3v) is 5.60. The normalized spacial score (nSPS) is 11.0. The van der Waals surface area contributed by atoms with Gasteiger partial charge in [0.05, 0.1) is 12.0 Å². The zero-order valence-corrected chi connectivity index (χ0v) is 15.9. The average Bonchev–Trinajstić information content (AvgIpc) is 2.95. The van der Waals surface area contributed by atoms with E-state index in [0.717, 1.165) is 26.1 Å². The van der Waals surface area contributed by atoms with E-state index in [9.17, 15) is 14.4 Å². The Morgan fingerprint density at radius 2 is 1.96 bits per heavy atom. The quantitative estimate of drug-likeness (QED) is 0.534. The number of hydrogen-bond donors (Lipinski definition) is 1. The Balaban J connectivity index is 2.14. The summed E-state index contributed by atoms with van der Waals surface area (Å²) < 4.78 is 5.71. The van der Waals surface area contributed by atoms with Crippen LogP contribution in [0.5, 0.6) is 0 Å². The first-order valence-corrected chi connectivity index (χ1v) is 9.38. The van der Waals surface area contributed by atoms with E-state index in [1.807, 2.05) is 31.2 Å². The van der Waals surface area contributed by atoms with Crippen molar-refractivity contribution in [3.63, 3.8) is 0 Å². The van der Waals surface area contributed by atoms with Crippen molar-refractivity contribution in [2.45, 2.75) is 26.3 Å². The standard InChI is InChI=1S/C18H17ClN2O4S/c1-3-25-13(22)9-21-17(23)14-10(2)15(26-16(14)20-18(21)24)12-6-4-11(8-19)5-7-12/h4-7H,3,8-9H2,1-2H3,(H,20,24). The number of aryl methyl sites for hydroxylation is 1. The molecule has 0 unspecified atom stereocenters. The molecule has 0 saturated heterocycles. The number of hydrogen-bond acceptors (Lipinski definition) is 5. The molecule has 0 radical (unpaired) electrons. The number of ether oxygens (including phenoxy) is 1. The summed E-state index contributed by atoms with van der Waals surface area (Å²) in [5.41, 5.74) is 1.59. The number of carbonyl (C=O) groups excluding carboxylic acids is 1. The van der Waals surface area contributed by atoms with Gasteiger partial charge in [0.1, 0.15) is 11.4 Å². The molecule has 1 aromatic carbocycles. The summed E-state index contributed by atoms with van der Waals surface area (Å²) in [4.78, 5) is 40.8. The van der Waals surface area contributed by atoms with Gasteiger partial charge in [0, 0.05) is 10.8 Å². The molecule has 2 aromatic heterocycles. The van der Waals surface area contributed by atoms with Crippen LogP contribution in [0.3, 0.4) is 0 Å². The topological polar surface area (TPSA) is 81.2 Å². The van der Waals surface area contributed by atoms with Gasteiger partial charge in [-0.3, -0.25) is 14.6 Å². The van der Waals surface area contributed by atoms with Crippen molar-refractivity contribution in [3.8, 4) is 10.4 Å². The minimum atomic E-state index is -0.624. The number of aromatic amines is 1. The molecule has 26 heavy (non-hydrogen) atoms. The van der Waals surface area contributed by atoms with Gasteiger partial charge in [0.25, 0.3) is 5.56 Å². The molecule has 0 aliphatic rings. The second-order valence-electron chi connectivity index (χ2n) is 5.72. The van der Waals surface area contributed by atoms with Crippen LogP contribution in [0.25, 0.3) is 20.7 Å². The Labute approximate surface area is 158 Å². The van der Waals surface area contributed by atoms with Crippen molar-refractivity contribution < 1.29 is 9.53 Å². The van der Waals surface area contributed by atoms with Crippen LogP contribution in [-0.2, 0) is 22.0 Å². The van der Waals surface area contributed by atoms with E-state index in [0.29, 0.717) is 16.1 Å². The van der Waals surface area contributed by atoms with Gasteiger partial charge >= 0.3 is 11.7 Å². The number of esters is 1. The molecular weight excluding hydrogens is 376 g/mol. The third kappa shape index (κ3) is 3.32. The summed E-state index contributed by atoms with van der Waals surface area (Å²) in [6.07, 6.45) is 0. The van der Waals surface area contributed by atoms with E-state index in [1.165, 1.54) is 11.3 Å². The lowest BCUT2D eigenvalue weighted by Crippen LogP contribution is -2.37. The van der Waals surface area contributed by atoms with Gasteiger partial charge in [0.2, 0.25) is 0 Å². The summed E-state index contributed by atoms with van der Waals surface area (Å²) in [5, 5.41) is 0.412. The summed E-state index contributed by atoms with van der Waals surface area (Å²) in [6.45, 7) is 3.28. The largest absolute Gasteiger partial charge is 0.465 e. The number of nitrogens with zero attached hydrogens (tertiary/aromatic N) is 1. The molecule has 0 aliphatic carbocycles. The number of benzene rings is 1. The first-order chi connectivity index (χ1) is 12.5. The van der Waals surface area contributed by atoms with Crippen LogP contribution in [0.4, 0.5) is 0 Å². The van der Waals surface area contributed by atoms with Crippen molar-refractivity contribution in [1.82, 2.24) is 9.55 Å². The van der Waals surface area contributed by atoms with Crippen LogP contribution in [0.15, 0.2) is 33.9 Å². The highest BCUT2D eigenvalue weighted by atomic mass is 35.5. The van der Waals surface area contributed by atoms with Gasteiger partial charge in [-0.1, -0.05) is 24.3 Å². The minimum absolute atomic E-state index is 0.188. The molecule has 0 amide bonds. The average molecular weight is 393 g/mol. The summed E-state index contributed by atoms with van der Waals surface area (Å²) in [5.74, 6) is -0.193. The van der Waals surface area contributed by atoms with Gasteiger partial charge in [-0.05, 0) is 30.5 Å². The molecule has 0 atom stereocenters. The molecule has 0 aliphatic heterocycles. The number of alkyl halides is 1. The van der Waals surface area contributed by atoms with E-state index < -0.39 is 23.8 Å². The molecular formula is C18H17ClN2O4S. The molecule has 0 bridgehead atoms. The number of H-pyrrole nitrogens is 1. The molecule has 3 rings (SSSR count). The van der Waals surface area contributed by atoms with Gasteiger partial charge in [0.15, 0.2) is 0 Å². The lowest BCUT2D eigenvalue weighted by molar-refractivity contribution is -0.143. The number of fused-ring (bicyclic) bond motifs is 1. The number of thiophene rings is 1. The van der Waals surface area contributed by atoms with Crippen molar-refractivity contribution in [2.24, 2.45) is 0 Å². The monoisotopic (exact) mass is 392 g/mol. The molecule has 136 valence electrons. The number of nitrogens with one attached hydrogen (secondary N) is 1. The Morgan fingerprint density at radius 1 is 1.27 bits per heavy atom. The Bertz CT molecular complexity index is 1080. The summed E-state index contributed by atoms with van der Waals surface area (Å²) in [7, 11) is 0. The maximum Gasteiger partial charge on any atom is 0.329 e. The minimum Gasteiger partial charge on any atom is -0.465 e. The SMILES string of the molecule is CCOC(=O)Cn1c(=O)[nH]c2sc(-c3ccc(CCl)cc3)c(C)c2c1=O. The molecule has 8 heteroatoms. The zero-order chi connectivity index (χ0) is 18.8. The van der Waals surface area contributed by atoms with E-state index in [4.69, 9.17) is 16.3 Å². The van der Waals surface area contributed by atoms with E-state index in [2.05, 4.69) is 4.98 Å². The third-order valence-electron chi connectivity index (χ3n) is 4.03. The molecule has 6 nitrogen and oxygen atoms in total. The zero-order valence-electron chi connectivity index (χ0n) is 14.3. The Morgan fingerprint density at radius 3 is 2.58 bits per heavy atom. The number of rotatable bonds is 5. The molecule has 3 aromatic rings. The van der Waals surface area contributed by atoms with Crippen molar-refractivity contribution in [2.75, 3.05) is 6.61 Å². The van der Waals surface area contributed by atoms with Crippen LogP contribution in [0.2, 0.25) is 0 Å². The van der Waals surface area contributed by atoms with E-state index in [1.54, 1.807) is 6.92 Å². The second-order valence-corrected chi connectivity index (χ2v) is 7.01. The van der Waals surface area contributed by atoms with Gasteiger partial charge in [-0.2, -0.15) is 0 Å². The van der Waals surface area contributed by atoms with Crippen molar-refractivity contribution >= 4 is 39.1 Å². The van der Waals surface area contributed by atoms with E-state index >= 15 is 0 Å². The van der Waals surface area contributed by atoms with Gasteiger partial charge < -0.3 is 4.74 Å². The lowest BCUT2D eigenvalue weighted by Gasteiger charge is -2.04. The number of carbonyl (C=O) groups is 1. The van der Waals surface area contributed by atoms with Gasteiger partial charge in [-0.25, -0.2) is 9.36 Å². The molecule has 0 fully saturated rings. The van der Waals surface area contributed by atoms with Crippen LogP contribution < -0.4 is 11.2 Å². The summed E-state index contributed by atoms with van der Waals surface area (Å²) in [6, 6.07) is 7.72. The second kappa shape index (κ2) is 7.47. The maximum atomic E-state index is 12.8. The molecule has 2 heterocycles. The molecule has 1 N–H and O–H groups in total. The highest BCUT2D eigenvalue weighted by Gasteiger charge is 2.18. The maximum absolute atomic E-state index is 12.8. The van der Waals surface area contributed by atoms with Crippen LogP contribution in [0, 0.1) is 6.92 Å². The first kappa shape index (κ1) is 18.4. The predicted octanol–water partition coefficient (Wildman–Crippen LogP) is 3.03. The van der Waals surface area contributed by atoms with Crippen LogP contribution in [-0.4, -0.2) is 22.1 Å².